The van der Waals surface area contributed by atoms with Gasteiger partial charge >= 0.3 is 5.97 Å². The quantitative estimate of drug-likeness (QED) is 0.860. The first-order chi connectivity index (χ1) is 11.5. The van der Waals surface area contributed by atoms with Crippen molar-refractivity contribution in [3.8, 4) is 5.75 Å². The topological polar surface area (TPSA) is 95.9 Å². The van der Waals surface area contributed by atoms with Gasteiger partial charge in [-0.05, 0) is 25.0 Å². The number of nitrogens with one attached hydrogen (secondary N) is 1. The van der Waals surface area contributed by atoms with Crippen molar-refractivity contribution in [3.05, 3.63) is 23.8 Å². The normalized spacial score (nSPS) is 15.4. The minimum absolute atomic E-state index is 0.00182. The zero-order valence-corrected chi connectivity index (χ0v) is 13.7. The molecule has 130 valence electrons. The number of carbonyl (C=O) groups excluding carboxylic acids is 2. The van der Waals surface area contributed by atoms with Crippen LogP contribution in [0.3, 0.4) is 0 Å². The third-order valence-electron chi connectivity index (χ3n) is 3.97. The summed E-state index contributed by atoms with van der Waals surface area (Å²) in [6.07, 6.45) is 4.38. The number of benzene rings is 1. The van der Waals surface area contributed by atoms with Crippen LogP contribution in [0.1, 0.15) is 42.5 Å². The van der Waals surface area contributed by atoms with Gasteiger partial charge in [0.15, 0.2) is 0 Å². The largest absolute Gasteiger partial charge is 0.496 e. The summed E-state index contributed by atoms with van der Waals surface area (Å²) in [5, 5.41) is 11.7. The van der Waals surface area contributed by atoms with Crippen molar-refractivity contribution in [1.29, 1.82) is 0 Å². The van der Waals surface area contributed by atoms with E-state index in [1.807, 2.05) is 0 Å². The van der Waals surface area contributed by atoms with Crippen LogP contribution in [0.2, 0.25) is 0 Å². The lowest BCUT2D eigenvalue weighted by atomic mass is 10.1. The molecule has 7 nitrogen and oxygen atoms in total. The number of ether oxygens (including phenoxy) is 1. The summed E-state index contributed by atoms with van der Waals surface area (Å²) in [6, 6.07) is 4.33. The first-order valence-electron chi connectivity index (χ1n) is 8.00. The van der Waals surface area contributed by atoms with Gasteiger partial charge in [-0.1, -0.05) is 12.8 Å². The van der Waals surface area contributed by atoms with Crippen LogP contribution in [0.4, 0.5) is 5.69 Å². The van der Waals surface area contributed by atoms with Gasteiger partial charge < -0.3 is 20.1 Å². The molecular formula is C17H22N2O5. The molecule has 0 unspecified atom stereocenters. The summed E-state index contributed by atoms with van der Waals surface area (Å²) < 4.78 is 5.03. The number of amides is 2. The minimum atomic E-state index is -1.10. The maximum absolute atomic E-state index is 12.2. The molecule has 2 N–H and O–H groups in total. The van der Waals surface area contributed by atoms with Crippen LogP contribution in [0.5, 0.6) is 5.75 Å². The van der Waals surface area contributed by atoms with Crippen molar-refractivity contribution in [2.24, 2.45) is 0 Å². The van der Waals surface area contributed by atoms with E-state index in [0.29, 0.717) is 18.7 Å². The number of hydrogen-bond acceptors (Lipinski definition) is 4. The Morgan fingerprint density at radius 3 is 2.71 bits per heavy atom. The van der Waals surface area contributed by atoms with Crippen LogP contribution >= 0.6 is 0 Å². The molecule has 2 amide bonds. The fourth-order valence-electron chi connectivity index (χ4n) is 2.70. The number of carbonyl (C=O) groups is 3. The van der Waals surface area contributed by atoms with Gasteiger partial charge in [-0.3, -0.25) is 9.59 Å². The SMILES string of the molecule is COc1cc(NC(=O)CN2CCCCCCC2=O)ccc1C(=O)O. The molecule has 0 atom stereocenters. The maximum Gasteiger partial charge on any atom is 0.339 e. The van der Waals surface area contributed by atoms with Crippen molar-refractivity contribution in [3.63, 3.8) is 0 Å². The average molecular weight is 334 g/mol. The monoisotopic (exact) mass is 334 g/mol. The molecule has 0 aromatic heterocycles. The number of aromatic carboxylic acids is 1. The van der Waals surface area contributed by atoms with Crippen molar-refractivity contribution in [1.82, 2.24) is 4.90 Å². The Balaban J connectivity index is 2.01. The molecule has 0 saturated carbocycles. The fraction of sp³-hybridized carbons (Fsp3) is 0.471. The number of nitrogens with zero attached hydrogens (tertiary/aromatic N) is 1. The number of anilines is 1. The van der Waals surface area contributed by atoms with Crippen molar-refractivity contribution >= 4 is 23.5 Å². The number of methoxy groups -OCH3 is 1. The second-order valence-corrected chi connectivity index (χ2v) is 5.75. The van der Waals surface area contributed by atoms with E-state index in [9.17, 15) is 14.4 Å². The van der Waals surface area contributed by atoms with Crippen LogP contribution in [-0.4, -0.2) is 48.0 Å². The van der Waals surface area contributed by atoms with Gasteiger partial charge in [0.2, 0.25) is 11.8 Å². The molecule has 1 aromatic rings. The molecule has 0 radical (unpaired) electrons. The standard InChI is InChI=1S/C17H22N2O5/c1-24-14-10-12(7-8-13(14)17(22)23)18-15(20)11-19-9-5-3-2-4-6-16(19)21/h7-8,10H,2-6,9,11H2,1H3,(H,18,20)(H,22,23). The number of hydrogen-bond donors (Lipinski definition) is 2. The Labute approximate surface area is 140 Å². The lowest BCUT2D eigenvalue weighted by Crippen LogP contribution is -2.39. The molecule has 0 aliphatic carbocycles. The Kier molecular flexibility index (Phi) is 6.17. The highest BCUT2D eigenvalue weighted by Gasteiger charge is 2.19. The molecule has 1 saturated heterocycles. The smallest absolute Gasteiger partial charge is 0.339 e. The van der Waals surface area contributed by atoms with Gasteiger partial charge in [0, 0.05) is 24.7 Å². The van der Waals surface area contributed by atoms with Crippen molar-refractivity contribution in [2.45, 2.75) is 32.1 Å². The molecule has 2 rings (SSSR count). The highest BCUT2D eigenvalue weighted by molar-refractivity contribution is 5.96. The van der Waals surface area contributed by atoms with E-state index in [1.54, 1.807) is 4.90 Å². The van der Waals surface area contributed by atoms with E-state index in [4.69, 9.17) is 9.84 Å². The van der Waals surface area contributed by atoms with Gasteiger partial charge in [-0.25, -0.2) is 4.79 Å². The molecule has 1 aliphatic heterocycles. The summed E-state index contributed by atoms with van der Waals surface area (Å²) in [7, 11) is 1.37. The predicted octanol–water partition coefficient (Wildman–Crippen LogP) is 2.12. The minimum Gasteiger partial charge on any atom is -0.496 e. The Morgan fingerprint density at radius 1 is 1.25 bits per heavy atom. The molecule has 0 spiro atoms. The van der Waals surface area contributed by atoms with Crippen LogP contribution in [0.25, 0.3) is 0 Å². The van der Waals surface area contributed by atoms with Gasteiger partial charge in [0.1, 0.15) is 11.3 Å². The van der Waals surface area contributed by atoms with Crippen molar-refractivity contribution < 1.29 is 24.2 Å². The van der Waals surface area contributed by atoms with Crippen molar-refractivity contribution in [2.75, 3.05) is 25.5 Å². The summed E-state index contributed by atoms with van der Waals surface area (Å²) in [4.78, 5) is 36.9. The van der Waals surface area contributed by atoms with Crippen LogP contribution < -0.4 is 10.1 Å². The third-order valence-corrected chi connectivity index (χ3v) is 3.97. The van der Waals surface area contributed by atoms with E-state index in [-0.39, 0.29) is 29.7 Å². The Bertz CT molecular complexity index is 629. The zero-order valence-electron chi connectivity index (χ0n) is 13.7. The van der Waals surface area contributed by atoms with Gasteiger partial charge in [-0.15, -0.1) is 0 Å². The highest BCUT2D eigenvalue weighted by Crippen LogP contribution is 2.23. The van der Waals surface area contributed by atoms with E-state index >= 15 is 0 Å². The summed E-state index contributed by atoms with van der Waals surface area (Å²) in [6.45, 7) is 0.593. The van der Waals surface area contributed by atoms with Crippen LogP contribution in [-0.2, 0) is 9.59 Å². The molecule has 1 heterocycles. The van der Waals surface area contributed by atoms with E-state index in [0.717, 1.165) is 25.7 Å². The molecule has 7 heteroatoms. The number of carboxylic acids is 1. The molecule has 24 heavy (non-hydrogen) atoms. The fourth-order valence-corrected chi connectivity index (χ4v) is 2.70. The Hall–Kier alpha value is -2.57. The van der Waals surface area contributed by atoms with E-state index < -0.39 is 5.97 Å². The lowest BCUT2D eigenvalue weighted by Gasteiger charge is -2.24. The molecule has 1 aliphatic rings. The second-order valence-electron chi connectivity index (χ2n) is 5.75. The zero-order chi connectivity index (χ0) is 17.5. The summed E-state index contributed by atoms with van der Waals surface area (Å²) >= 11 is 0. The number of carboxylic acid groups (broad SMARTS) is 1. The molecular weight excluding hydrogens is 312 g/mol. The van der Waals surface area contributed by atoms with Crippen LogP contribution in [0.15, 0.2) is 18.2 Å². The first kappa shape index (κ1) is 17.8. The second kappa shape index (κ2) is 8.33. The highest BCUT2D eigenvalue weighted by atomic mass is 16.5. The van der Waals surface area contributed by atoms with Gasteiger partial charge in [0.05, 0.1) is 13.7 Å². The third kappa shape index (κ3) is 4.71. The van der Waals surface area contributed by atoms with E-state index in [2.05, 4.69) is 5.32 Å². The summed E-state index contributed by atoms with van der Waals surface area (Å²) in [5.74, 6) is -1.24. The number of rotatable bonds is 5. The molecule has 1 aromatic carbocycles. The van der Waals surface area contributed by atoms with E-state index in [1.165, 1.54) is 25.3 Å². The van der Waals surface area contributed by atoms with Crippen LogP contribution in [0, 0.1) is 0 Å². The Morgan fingerprint density at radius 2 is 2.00 bits per heavy atom. The molecule has 1 fully saturated rings. The lowest BCUT2D eigenvalue weighted by molar-refractivity contribution is -0.135. The number of likely N-dealkylation sites (tertiary alicyclic amines) is 1. The first-order valence-corrected chi connectivity index (χ1v) is 8.00. The van der Waals surface area contributed by atoms with Gasteiger partial charge in [0.25, 0.3) is 0 Å². The maximum atomic E-state index is 12.2. The average Bonchev–Trinajstić information content (AvgIpc) is 2.54. The van der Waals surface area contributed by atoms with Gasteiger partial charge in [-0.2, -0.15) is 0 Å². The predicted molar refractivity (Wildman–Crippen MR) is 88.2 cm³/mol. The molecule has 0 bridgehead atoms. The summed E-state index contributed by atoms with van der Waals surface area (Å²) in [5.41, 5.74) is 0.454.